The molecule has 0 bridgehead atoms. The van der Waals surface area contributed by atoms with Crippen LogP contribution in [0.1, 0.15) is 39.6 Å². The van der Waals surface area contributed by atoms with E-state index < -0.39 is 10.0 Å². The molecular formula is C22H21NO2S2. The number of sulfonamides is 1. The molecule has 1 unspecified atom stereocenters. The Morgan fingerprint density at radius 2 is 1.74 bits per heavy atom. The molecule has 0 spiro atoms. The zero-order valence-corrected chi connectivity index (χ0v) is 16.7. The largest absolute Gasteiger partial charge is 0.237 e. The van der Waals surface area contributed by atoms with Gasteiger partial charge >= 0.3 is 0 Å². The summed E-state index contributed by atoms with van der Waals surface area (Å²) < 4.78 is 29.3. The van der Waals surface area contributed by atoms with E-state index in [4.69, 9.17) is 0 Å². The quantitative estimate of drug-likeness (QED) is 0.657. The van der Waals surface area contributed by atoms with Crippen LogP contribution in [0.5, 0.6) is 0 Å². The van der Waals surface area contributed by atoms with E-state index in [9.17, 15) is 8.42 Å². The van der Waals surface area contributed by atoms with Crippen molar-refractivity contribution in [2.75, 3.05) is 0 Å². The third-order valence-electron chi connectivity index (χ3n) is 4.87. The molecule has 1 aliphatic rings. The van der Waals surface area contributed by atoms with Crippen molar-refractivity contribution >= 4 is 27.4 Å². The van der Waals surface area contributed by atoms with E-state index in [1.54, 1.807) is 11.3 Å². The highest BCUT2D eigenvalue weighted by molar-refractivity contribution is 7.93. The number of benzene rings is 2. The molecule has 0 saturated heterocycles. The summed E-state index contributed by atoms with van der Waals surface area (Å²) >= 11 is 1.56. The standard InChI is InChI=1S/C22H21NO2S2/c1-16-8-10-18(11-9-16)22(21-7-4-14-26-21)23-27(24,25)20-13-12-17-5-2-3-6-19(17)15-20/h2-11,14-15,22-23H,12-13H2,1H3. The molecule has 27 heavy (non-hydrogen) atoms. The Morgan fingerprint density at radius 1 is 0.963 bits per heavy atom. The van der Waals surface area contributed by atoms with E-state index in [0.717, 1.165) is 28.0 Å². The van der Waals surface area contributed by atoms with Gasteiger partial charge in [-0.05, 0) is 54.0 Å². The first kappa shape index (κ1) is 18.2. The van der Waals surface area contributed by atoms with Gasteiger partial charge in [0.1, 0.15) is 0 Å². The average molecular weight is 396 g/mol. The molecule has 1 aliphatic carbocycles. The average Bonchev–Trinajstić information content (AvgIpc) is 3.21. The third kappa shape index (κ3) is 3.90. The van der Waals surface area contributed by atoms with Gasteiger partial charge in [-0.2, -0.15) is 4.72 Å². The van der Waals surface area contributed by atoms with Gasteiger partial charge in [-0.1, -0.05) is 60.2 Å². The fraction of sp³-hybridized carbons (Fsp3) is 0.182. The lowest BCUT2D eigenvalue weighted by Crippen LogP contribution is -2.30. The second kappa shape index (κ2) is 7.43. The highest BCUT2D eigenvalue weighted by atomic mass is 32.2. The molecule has 4 rings (SSSR count). The van der Waals surface area contributed by atoms with Crippen molar-refractivity contribution in [3.63, 3.8) is 0 Å². The molecule has 0 aliphatic heterocycles. The predicted molar refractivity (Wildman–Crippen MR) is 112 cm³/mol. The van der Waals surface area contributed by atoms with Gasteiger partial charge in [-0.25, -0.2) is 8.42 Å². The Kier molecular flexibility index (Phi) is 5.00. The zero-order valence-electron chi connectivity index (χ0n) is 15.1. The van der Waals surface area contributed by atoms with Crippen LogP contribution in [0, 0.1) is 6.92 Å². The number of hydrogen-bond donors (Lipinski definition) is 1. The molecule has 1 aromatic heterocycles. The molecule has 5 heteroatoms. The van der Waals surface area contributed by atoms with Crippen LogP contribution in [0.2, 0.25) is 0 Å². The minimum Gasteiger partial charge on any atom is -0.207 e. The third-order valence-corrected chi connectivity index (χ3v) is 7.36. The molecule has 0 amide bonds. The van der Waals surface area contributed by atoms with Gasteiger partial charge in [0, 0.05) is 4.88 Å². The van der Waals surface area contributed by atoms with E-state index in [2.05, 4.69) is 10.8 Å². The lowest BCUT2D eigenvalue weighted by Gasteiger charge is -2.22. The van der Waals surface area contributed by atoms with Crippen LogP contribution in [0.4, 0.5) is 0 Å². The lowest BCUT2D eigenvalue weighted by atomic mass is 9.98. The van der Waals surface area contributed by atoms with Gasteiger partial charge in [0.25, 0.3) is 0 Å². The van der Waals surface area contributed by atoms with Crippen LogP contribution >= 0.6 is 11.3 Å². The number of nitrogens with one attached hydrogen (secondary N) is 1. The normalized spacial score (nSPS) is 15.1. The topological polar surface area (TPSA) is 46.2 Å². The number of hydrogen-bond acceptors (Lipinski definition) is 3. The number of thiophene rings is 1. The van der Waals surface area contributed by atoms with Crippen LogP contribution in [-0.4, -0.2) is 8.42 Å². The number of allylic oxidation sites excluding steroid dienone is 1. The van der Waals surface area contributed by atoms with Gasteiger partial charge in [-0.3, -0.25) is 0 Å². The van der Waals surface area contributed by atoms with Crippen LogP contribution < -0.4 is 4.72 Å². The van der Waals surface area contributed by atoms with Gasteiger partial charge < -0.3 is 0 Å². The monoisotopic (exact) mass is 395 g/mol. The highest BCUT2D eigenvalue weighted by Crippen LogP contribution is 2.31. The Hall–Kier alpha value is -2.21. The minimum absolute atomic E-state index is 0.381. The summed E-state index contributed by atoms with van der Waals surface area (Å²) in [6.45, 7) is 2.03. The van der Waals surface area contributed by atoms with Gasteiger partial charge in [0.2, 0.25) is 10.0 Å². The smallest absolute Gasteiger partial charge is 0.207 e. The second-order valence-corrected chi connectivity index (χ2v) is 9.54. The van der Waals surface area contributed by atoms with E-state index in [1.807, 2.05) is 73.0 Å². The maximum Gasteiger partial charge on any atom is 0.237 e. The number of rotatable bonds is 5. The molecule has 3 aromatic rings. The molecular weight excluding hydrogens is 374 g/mol. The molecule has 1 atom stereocenters. The second-order valence-electron chi connectivity index (χ2n) is 6.79. The maximum absolute atomic E-state index is 13.2. The van der Waals surface area contributed by atoms with Crippen LogP contribution in [0.25, 0.3) is 6.08 Å². The lowest BCUT2D eigenvalue weighted by molar-refractivity contribution is 0.578. The van der Waals surface area contributed by atoms with Crippen molar-refractivity contribution in [2.24, 2.45) is 0 Å². The van der Waals surface area contributed by atoms with Gasteiger partial charge in [0.05, 0.1) is 10.9 Å². The first-order valence-electron chi connectivity index (χ1n) is 8.94. The van der Waals surface area contributed by atoms with Crippen molar-refractivity contribution in [2.45, 2.75) is 25.8 Å². The molecule has 138 valence electrons. The number of fused-ring (bicyclic) bond motifs is 1. The first-order valence-corrected chi connectivity index (χ1v) is 11.3. The molecule has 0 fully saturated rings. The minimum atomic E-state index is -3.59. The van der Waals surface area contributed by atoms with Crippen molar-refractivity contribution in [1.29, 1.82) is 0 Å². The van der Waals surface area contributed by atoms with E-state index in [1.165, 1.54) is 5.56 Å². The first-order chi connectivity index (χ1) is 13.0. The summed E-state index contributed by atoms with van der Waals surface area (Å²) in [6, 6.07) is 19.5. The predicted octanol–water partition coefficient (Wildman–Crippen LogP) is 5.05. The summed E-state index contributed by atoms with van der Waals surface area (Å²) in [6.07, 6.45) is 3.08. The summed E-state index contributed by atoms with van der Waals surface area (Å²) in [5, 5.41) is 1.97. The van der Waals surface area contributed by atoms with Crippen LogP contribution in [0.3, 0.4) is 0 Å². The van der Waals surface area contributed by atoms with Crippen molar-refractivity contribution < 1.29 is 8.42 Å². The highest BCUT2D eigenvalue weighted by Gasteiger charge is 2.27. The Balaban J connectivity index is 1.69. The van der Waals surface area contributed by atoms with E-state index >= 15 is 0 Å². The summed E-state index contributed by atoms with van der Waals surface area (Å²) in [4.78, 5) is 1.44. The molecule has 1 N–H and O–H groups in total. The van der Waals surface area contributed by atoms with Crippen LogP contribution in [0.15, 0.2) is 70.9 Å². The fourth-order valence-electron chi connectivity index (χ4n) is 3.35. The fourth-order valence-corrected chi connectivity index (χ4v) is 5.61. The van der Waals surface area contributed by atoms with Crippen molar-refractivity contribution in [3.05, 3.63) is 98.1 Å². The Bertz CT molecular complexity index is 1070. The molecule has 0 saturated carbocycles. The summed E-state index contributed by atoms with van der Waals surface area (Å²) in [7, 11) is -3.59. The molecule has 3 nitrogen and oxygen atoms in total. The van der Waals surface area contributed by atoms with Crippen LogP contribution in [-0.2, 0) is 16.4 Å². The molecule has 1 heterocycles. The number of aryl methyl sites for hydroxylation is 2. The maximum atomic E-state index is 13.2. The zero-order chi connectivity index (χ0) is 18.9. The van der Waals surface area contributed by atoms with Gasteiger partial charge in [0.15, 0.2) is 0 Å². The molecule has 2 aromatic carbocycles. The van der Waals surface area contributed by atoms with E-state index in [-0.39, 0.29) is 6.04 Å². The van der Waals surface area contributed by atoms with E-state index in [0.29, 0.717) is 11.3 Å². The summed E-state index contributed by atoms with van der Waals surface area (Å²) in [5.74, 6) is 0. The SMILES string of the molecule is Cc1ccc(C(NS(=O)(=O)C2=Cc3ccccc3CC2)c2cccs2)cc1. The molecule has 0 radical (unpaired) electrons. The summed E-state index contributed by atoms with van der Waals surface area (Å²) in [5.41, 5.74) is 4.29. The van der Waals surface area contributed by atoms with Crippen molar-refractivity contribution in [3.8, 4) is 0 Å². The Labute approximate surface area is 164 Å². The van der Waals surface area contributed by atoms with Crippen molar-refractivity contribution in [1.82, 2.24) is 4.72 Å². The van der Waals surface area contributed by atoms with Gasteiger partial charge in [-0.15, -0.1) is 11.3 Å². The Morgan fingerprint density at radius 3 is 2.48 bits per heavy atom.